The number of carbonyl (C=O) groups is 2. The van der Waals surface area contributed by atoms with E-state index >= 15 is 0 Å². The Labute approximate surface area is 99.7 Å². The van der Waals surface area contributed by atoms with Crippen LogP contribution in [0.15, 0.2) is 12.3 Å². The number of aromatic carboxylic acids is 1. The van der Waals surface area contributed by atoms with Crippen LogP contribution in [0.25, 0.3) is 0 Å². The molecule has 0 radical (unpaired) electrons. The molecular formula is C12H17NO4. The SMILES string of the molecule is CC(C)Cc1c(C(=O)O)ccn1CCC(=O)O. The van der Waals surface area contributed by atoms with Gasteiger partial charge in [0.2, 0.25) is 0 Å². The van der Waals surface area contributed by atoms with Gasteiger partial charge in [0.25, 0.3) is 0 Å². The standard InChI is InChI=1S/C12H17NO4/c1-8(2)7-10-9(12(16)17)3-5-13(10)6-4-11(14)15/h3,5,8H,4,6-7H2,1-2H3,(H,14,15)(H,16,17). The highest BCUT2D eigenvalue weighted by Crippen LogP contribution is 2.16. The Bertz CT molecular complexity index is 420. The van der Waals surface area contributed by atoms with Crippen LogP contribution in [0.4, 0.5) is 0 Å². The molecule has 5 heteroatoms. The summed E-state index contributed by atoms with van der Waals surface area (Å²) in [4.78, 5) is 21.5. The molecule has 5 nitrogen and oxygen atoms in total. The third kappa shape index (κ3) is 3.62. The first kappa shape index (κ1) is 13.3. The number of aliphatic carboxylic acids is 1. The Hall–Kier alpha value is -1.78. The van der Waals surface area contributed by atoms with E-state index < -0.39 is 11.9 Å². The van der Waals surface area contributed by atoms with E-state index in [2.05, 4.69) is 0 Å². The highest BCUT2D eigenvalue weighted by atomic mass is 16.4. The van der Waals surface area contributed by atoms with Crippen molar-refractivity contribution in [3.05, 3.63) is 23.5 Å². The van der Waals surface area contributed by atoms with Crippen molar-refractivity contribution in [1.29, 1.82) is 0 Å². The molecule has 1 heterocycles. The van der Waals surface area contributed by atoms with Crippen LogP contribution in [-0.4, -0.2) is 26.7 Å². The molecule has 0 aliphatic heterocycles. The van der Waals surface area contributed by atoms with Crippen molar-refractivity contribution in [1.82, 2.24) is 4.57 Å². The molecule has 17 heavy (non-hydrogen) atoms. The average Bonchev–Trinajstić information content (AvgIpc) is 2.57. The highest BCUT2D eigenvalue weighted by molar-refractivity contribution is 5.89. The van der Waals surface area contributed by atoms with Crippen LogP contribution in [0.1, 0.15) is 36.3 Å². The molecule has 0 fully saturated rings. The summed E-state index contributed by atoms with van der Waals surface area (Å²) < 4.78 is 1.72. The van der Waals surface area contributed by atoms with Crippen LogP contribution in [-0.2, 0) is 17.8 Å². The summed E-state index contributed by atoms with van der Waals surface area (Å²) in [7, 11) is 0. The van der Waals surface area contributed by atoms with Crippen LogP contribution in [0.5, 0.6) is 0 Å². The van der Waals surface area contributed by atoms with Crippen LogP contribution >= 0.6 is 0 Å². The summed E-state index contributed by atoms with van der Waals surface area (Å²) in [5.41, 5.74) is 0.970. The van der Waals surface area contributed by atoms with E-state index in [1.165, 1.54) is 6.07 Å². The largest absolute Gasteiger partial charge is 0.481 e. The normalized spacial score (nSPS) is 10.8. The average molecular weight is 239 g/mol. The molecule has 0 aliphatic rings. The van der Waals surface area contributed by atoms with E-state index in [0.29, 0.717) is 24.6 Å². The molecule has 0 saturated carbocycles. The zero-order valence-electron chi connectivity index (χ0n) is 10.0. The lowest BCUT2D eigenvalue weighted by molar-refractivity contribution is -0.137. The number of carboxylic acid groups (broad SMARTS) is 2. The summed E-state index contributed by atoms with van der Waals surface area (Å²) >= 11 is 0. The van der Waals surface area contributed by atoms with Crippen molar-refractivity contribution in [3.63, 3.8) is 0 Å². The van der Waals surface area contributed by atoms with Gasteiger partial charge in [-0.05, 0) is 18.4 Å². The van der Waals surface area contributed by atoms with E-state index in [4.69, 9.17) is 10.2 Å². The molecule has 1 aromatic rings. The highest BCUT2D eigenvalue weighted by Gasteiger charge is 2.16. The number of hydrogen-bond donors (Lipinski definition) is 2. The van der Waals surface area contributed by atoms with Crippen molar-refractivity contribution in [2.24, 2.45) is 5.92 Å². The second kappa shape index (κ2) is 5.52. The van der Waals surface area contributed by atoms with Crippen molar-refractivity contribution in [3.8, 4) is 0 Å². The predicted molar refractivity (Wildman–Crippen MR) is 62.2 cm³/mol. The number of aryl methyl sites for hydroxylation is 1. The van der Waals surface area contributed by atoms with Gasteiger partial charge in [-0.1, -0.05) is 13.8 Å². The van der Waals surface area contributed by atoms with Gasteiger partial charge in [0.15, 0.2) is 0 Å². The van der Waals surface area contributed by atoms with Gasteiger partial charge in [0.1, 0.15) is 0 Å². The minimum Gasteiger partial charge on any atom is -0.481 e. The molecule has 94 valence electrons. The second-order valence-electron chi connectivity index (χ2n) is 4.42. The van der Waals surface area contributed by atoms with Crippen molar-refractivity contribution >= 4 is 11.9 Å². The van der Waals surface area contributed by atoms with Crippen LogP contribution in [0, 0.1) is 5.92 Å². The third-order valence-electron chi connectivity index (χ3n) is 2.48. The maximum atomic E-state index is 11.0. The van der Waals surface area contributed by atoms with Gasteiger partial charge in [0.05, 0.1) is 12.0 Å². The molecule has 0 unspecified atom stereocenters. The molecule has 1 rings (SSSR count). The number of carboxylic acids is 2. The molecule has 0 aliphatic carbocycles. The Morgan fingerprint density at radius 3 is 2.47 bits per heavy atom. The lowest BCUT2D eigenvalue weighted by Gasteiger charge is -2.11. The maximum Gasteiger partial charge on any atom is 0.337 e. The first-order valence-corrected chi connectivity index (χ1v) is 5.55. The molecule has 0 atom stereocenters. The third-order valence-corrected chi connectivity index (χ3v) is 2.48. The smallest absolute Gasteiger partial charge is 0.337 e. The monoisotopic (exact) mass is 239 g/mol. The van der Waals surface area contributed by atoms with E-state index in [-0.39, 0.29) is 12.0 Å². The quantitative estimate of drug-likeness (QED) is 0.794. The van der Waals surface area contributed by atoms with Crippen molar-refractivity contribution < 1.29 is 19.8 Å². The zero-order chi connectivity index (χ0) is 13.0. The van der Waals surface area contributed by atoms with E-state index in [1.807, 2.05) is 13.8 Å². The van der Waals surface area contributed by atoms with Crippen LogP contribution < -0.4 is 0 Å². The summed E-state index contributed by atoms with van der Waals surface area (Å²) in [6.45, 7) is 4.31. The molecule has 1 aromatic heterocycles. The van der Waals surface area contributed by atoms with Gasteiger partial charge in [-0.2, -0.15) is 0 Å². The number of hydrogen-bond acceptors (Lipinski definition) is 2. The summed E-state index contributed by atoms with van der Waals surface area (Å²) in [6, 6.07) is 1.53. The Balaban J connectivity index is 2.95. The number of nitrogens with zero attached hydrogens (tertiary/aromatic N) is 1. The predicted octanol–water partition coefficient (Wildman–Crippen LogP) is 1.86. The fraction of sp³-hybridized carbons (Fsp3) is 0.500. The summed E-state index contributed by atoms with van der Waals surface area (Å²) in [5, 5.41) is 17.7. The second-order valence-corrected chi connectivity index (χ2v) is 4.42. The Morgan fingerprint density at radius 2 is 2.00 bits per heavy atom. The molecule has 0 aromatic carbocycles. The lowest BCUT2D eigenvalue weighted by atomic mass is 10.0. The summed E-state index contributed by atoms with van der Waals surface area (Å²) in [6.07, 6.45) is 2.27. The van der Waals surface area contributed by atoms with Crippen LogP contribution in [0.3, 0.4) is 0 Å². The van der Waals surface area contributed by atoms with Gasteiger partial charge in [-0.3, -0.25) is 4.79 Å². The van der Waals surface area contributed by atoms with E-state index in [9.17, 15) is 9.59 Å². The van der Waals surface area contributed by atoms with Gasteiger partial charge >= 0.3 is 11.9 Å². The molecule has 0 bridgehead atoms. The molecular weight excluding hydrogens is 222 g/mol. The van der Waals surface area contributed by atoms with Crippen molar-refractivity contribution in [2.75, 3.05) is 0 Å². The molecule has 0 spiro atoms. The van der Waals surface area contributed by atoms with Gasteiger partial charge in [0, 0.05) is 18.4 Å². The molecule has 0 amide bonds. The number of rotatable bonds is 6. The first-order chi connectivity index (χ1) is 7.91. The van der Waals surface area contributed by atoms with Crippen molar-refractivity contribution in [2.45, 2.75) is 33.2 Å². The fourth-order valence-electron chi connectivity index (χ4n) is 1.74. The fourth-order valence-corrected chi connectivity index (χ4v) is 1.74. The van der Waals surface area contributed by atoms with Gasteiger partial charge in [-0.25, -0.2) is 4.79 Å². The van der Waals surface area contributed by atoms with Gasteiger partial charge < -0.3 is 14.8 Å². The minimum absolute atomic E-state index is 0.00116. The summed E-state index contributed by atoms with van der Waals surface area (Å²) in [5.74, 6) is -1.52. The minimum atomic E-state index is -0.963. The molecule has 0 saturated heterocycles. The van der Waals surface area contributed by atoms with Gasteiger partial charge in [-0.15, -0.1) is 0 Å². The topological polar surface area (TPSA) is 79.5 Å². The Morgan fingerprint density at radius 1 is 1.35 bits per heavy atom. The lowest BCUT2D eigenvalue weighted by Crippen LogP contribution is -2.11. The molecule has 2 N–H and O–H groups in total. The first-order valence-electron chi connectivity index (χ1n) is 5.55. The maximum absolute atomic E-state index is 11.0. The number of aromatic nitrogens is 1. The zero-order valence-corrected chi connectivity index (χ0v) is 10.0. The Kier molecular flexibility index (Phi) is 4.31. The van der Waals surface area contributed by atoms with E-state index in [0.717, 1.165) is 0 Å². The van der Waals surface area contributed by atoms with Crippen LogP contribution in [0.2, 0.25) is 0 Å². The van der Waals surface area contributed by atoms with E-state index in [1.54, 1.807) is 10.8 Å².